The number of amides is 3. The van der Waals surface area contributed by atoms with Gasteiger partial charge in [0.15, 0.2) is 0 Å². The molecule has 216 valence electrons. The number of carbonyl (C=O) groups excluding carboxylic acids is 4. The van der Waals surface area contributed by atoms with Crippen LogP contribution in [0.1, 0.15) is 73.6 Å². The maximum atomic E-state index is 13.7. The van der Waals surface area contributed by atoms with Gasteiger partial charge in [-0.05, 0) is 67.5 Å². The lowest BCUT2D eigenvalue weighted by molar-refractivity contribution is -0.135. The smallest absolute Gasteiger partial charge is 0.337 e. The van der Waals surface area contributed by atoms with E-state index in [4.69, 9.17) is 4.74 Å². The Morgan fingerprint density at radius 3 is 2.25 bits per heavy atom. The second-order valence-electron chi connectivity index (χ2n) is 11.4. The molecule has 2 aromatic rings. The summed E-state index contributed by atoms with van der Waals surface area (Å²) in [6, 6.07) is 12.4. The van der Waals surface area contributed by atoms with Crippen molar-refractivity contribution in [3.8, 4) is 0 Å². The van der Waals surface area contributed by atoms with Crippen LogP contribution in [0.15, 0.2) is 48.5 Å². The summed E-state index contributed by atoms with van der Waals surface area (Å²) in [6.45, 7) is 7.30. The summed E-state index contributed by atoms with van der Waals surface area (Å²) in [5.74, 6) is -1.52. The SMILES string of the molecule is CN[C@@H](C)C(=O)NC(C(=O)N[C@@H](Cc1ccc(C(=O)OC)cc1)C(=O)N[C@@H]1CCCc2ccccc21)C(C)(C)C. The quantitative estimate of drug-likeness (QED) is 0.337. The Hall–Kier alpha value is -3.72. The van der Waals surface area contributed by atoms with E-state index in [-0.39, 0.29) is 24.3 Å². The van der Waals surface area contributed by atoms with Gasteiger partial charge < -0.3 is 26.0 Å². The standard InChI is InChI=1S/C31H42N4O5/c1-19(32-5)27(36)35-26(31(2,3)4)29(38)34-25(18-20-14-16-22(17-15-20)30(39)40-6)28(37)33-24-13-9-11-21-10-7-8-12-23(21)24/h7-8,10,12,14-17,19,24-26,32H,9,11,13,18H2,1-6H3,(H,33,37)(H,34,38)(H,35,36)/t19-,24+,25-,26?/m0/s1. The van der Waals surface area contributed by atoms with Gasteiger partial charge in [0.1, 0.15) is 12.1 Å². The van der Waals surface area contributed by atoms with Gasteiger partial charge in [-0.1, -0.05) is 57.2 Å². The number of likely N-dealkylation sites (N-methyl/N-ethyl adjacent to an activating group) is 1. The van der Waals surface area contributed by atoms with Crippen LogP contribution in [0.4, 0.5) is 0 Å². The van der Waals surface area contributed by atoms with Gasteiger partial charge in [-0.25, -0.2) is 4.79 Å². The van der Waals surface area contributed by atoms with Crippen LogP contribution >= 0.6 is 0 Å². The molecule has 1 unspecified atom stereocenters. The Morgan fingerprint density at radius 2 is 1.62 bits per heavy atom. The zero-order valence-corrected chi connectivity index (χ0v) is 24.3. The molecule has 1 aliphatic carbocycles. The molecule has 0 spiro atoms. The monoisotopic (exact) mass is 550 g/mol. The molecule has 40 heavy (non-hydrogen) atoms. The number of aryl methyl sites for hydroxylation is 1. The Morgan fingerprint density at radius 1 is 0.950 bits per heavy atom. The Labute approximate surface area is 236 Å². The maximum absolute atomic E-state index is 13.7. The van der Waals surface area contributed by atoms with Crippen molar-refractivity contribution in [2.75, 3.05) is 14.2 Å². The number of methoxy groups -OCH3 is 1. The fraction of sp³-hybridized carbons (Fsp3) is 0.484. The summed E-state index contributed by atoms with van der Waals surface area (Å²) in [4.78, 5) is 51.9. The van der Waals surface area contributed by atoms with E-state index in [0.717, 1.165) is 30.4 Å². The highest BCUT2D eigenvalue weighted by Gasteiger charge is 2.36. The first-order chi connectivity index (χ1) is 18.9. The average molecular weight is 551 g/mol. The molecule has 9 heteroatoms. The molecule has 9 nitrogen and oxygen atoms in total. The van der Waals surface area contributed by atoms with Crippen LogP contribution in [0.2, 0.25) is 0 Å². The molecule has 3 amide bonds. The number of nitrogens with one attached hydrogen (secondary N) is 4. The maximum Gasteiger partial charge on any atom is 0.337 e. The van der Waals surface area contributed by atoms with Crippen LogP contribution in [0.25, 0.3) is 0 Å². The Bertz CT molecular complexity index is 1200. The third-order valence-corrected chi connectivity index (χ3v) is 7.37. The van der Waals surface area contributed by atoms with Crippen LogP contribution in [-0.4, -0.2) is 56.0 Å². The number of rotatable bonds is 10. The van der Waals surface area contributed by atoms with Crippen molar-refractivity contribution in [1.29, 1.82) is 0 Å². The van der Waals surface area contributed by atoms with Gasteiger partial charge in [0.25, 0.3) is 0 Å². The van der Waals surface area contributed by atoms with Gasteiger partial charge in [0.05, 0.1) is 24.8 Å². The first kappa shape index (κ1) is 30.8. The molecule has 0 aliphatic heterocycles. The molecule has 4 atom stereocenters. The van der Waals surface area contributed by atoms with Crippen molar-refractivity contribution in [2.24, 2.45) is 5.41 Å². The Balaban J connectivity index is 1.86. The molecule has 4 N–H and O–H groups in total. The van der Waals surface area contributed by atoms with Crippen molar-refractivity contribution in [3.05, 3.63) is 70.8 Å². The first-order valence-electron chi connectivity index (χ1n) is 13.8. The first-order valence-corrected chi connectivity index (χ1v) is 13.8. The molecule has 0 aromatic heterocycles. The average Bonchev–Trinajstić information content (AvgIpc) is 2.94. The molecule has 3 rings (SSSR count). The topological polar surface area (TPSA) is 126 Å². The van der Waals surface area contributed by atoms with E-state index in [1.54, 1.807) is 38.2 Å². The van der Waals surface area contributed by atoms with E-state index in [1.807, 2.05) is 39.0 Å². The minimum absolute atomic E-state index is 0.159. The van der Waals surface area contributed by atoms with Crippen molar-refractivity contribution in [1.82, 2.24) is 21.3 Å². The normalized spacial score (nSPS) is 17.0. The number of esters is 1. The van der Waals surface area contributed by atoms with E-state index < -0.39 is 35.4 Å². The van der Waals surface area contributed by atoms with Gasteiger partial charge in [-0.15, -0.1) is 0 Å². The molecule has 0 saturated carbocycles. The number of carbonyl (C=O) groups is 4. The zero-order chi connectivity index (χ0) is 29.4. The van der Waals surface area contributed by atoms with Gasteiger partial charge >= 0.3 is 5.97 Å². The number of fused-ring (bicyclic) bond motifs is 1. The number of benzene rings is 2. The van der Waals surface area contributed by atoms with Crippen molar-refractivity contribution >= 4 is 23.7 Å². The third kappa shape index (κ3) is 7.91. The Kier molecular flexibility index (Phi) is 10.5. The molecular weight excluding hydrogens is 508 g/mol. The zero-order valence-electron chi connectivity index (χ0n) is 24.3. The number of hydrogen-bond donors (Lipinski definition) is 4. The summed E-state index contributed by atoms with van der Waals surface area (Å²) >= 11 is 0. The highest BCUT2D eigenvalue weighted by Crippen LogP contribution is 2.29. The summed E-state index contributed by atoms with van der Waals surface area (Å²) in [7, 11) is 2.99. The molecule has 1 aliphatic rings. The molecule has 0 bridgehead atoms. The summed E-state index contributed by atoms with van der Waals surface area (Å²) in [5.41, 5.74) is 2.85. The van der Waals surface area contributed by atoms with Crippen LogP contribution in [0.3, 0.4) is 0 Å². The van der Waals surface area contributed by atoms with E-state index in [2.05, 4.69) is 27.3 Å². The predicted octanol–water partition coefficient (Wildman–Crippen LogP) is 2.83. The molecule has 0 radical (unpaired) electrons. The van der Waals surface area contributed by atoms with Crippen molar-refractivity contribution < 1.29 is 23.9 Å². The second kappa shape index (κ2) is 13.6. The lowest BCUT2D eigenvalue weighted by Crippen LogP contribution is -2.60. The fourth-order valence-electron chi connectivity index (χ4n) is 4.84. The lowest BCUT2D eigenvalue weighted by Gasteiger charge is -2.33. The van der Waals surface area contributed by atoms with E-state index >= 15 is 0 Å². The fourth-order valence-corrected chi connectivity index (χ4v) is 4.84. The van der Waals surface area contributed by atoms with Crippen LogP contribution in [-0.2, 0) is 32.0 Å². The lowest BCUT2D eigenvalue weighted by atomic mass is 9.85. The van der Waals surface area contributed by atoms with Crippen LogP contribution in [0, 0.1) is 5.41 Å². The summed E-state index contributed by atoms with van der Waals surface area (Å²) < 4.78 is 4.78. The minimum Gasteiger partial charge on any atom is -0.465 e. The summed E-state index contributed by atoms with van der Waals surface area (Å²) in [6.07, 6.45) is 2.92. The number of hydrogen-bond acceptors (Lipinski definition) is 6. The largest absolute Gasteiger partial charge is 0.465 e. The minimum atomic E-state index is -0.908. The molecule has 0 saturated heterocycles. The van der Waals surface area contributed by atoms with E-state index in [9.17, 15) is 19.2 Å². The molecular formula is C31H42N4O5. The van der Waals surface area contributed by atoms with Crippen LogP contribution < -0.4 is 21.3 Å². The predicted molar refractivity (Wildman–Crippen MR) is 154 cm³/mol. The van der Waals surface area contributed by atoms with Gasteiger partial charge in [-0.2, -0.15) is 0 Å². The van der Waals surface area contributed by atoms with Gasteiger partial charge in [0, 0.05) is 6.42 Å². The highest BCUT2D eigenvalue weighted by atomic mass is 16.5. The molecule has 0 fully saturated rings. The van der Waals surface area contributed by atoms with Crippen molar-refractivity contribution in [3.63, 3.8) is 0 Å². The van der Waals surface area contributed by atoms with E-state index in [1.165, 1.54) is 12.7 Å². The summed E-state index contributed by atoms with van der Waals surface area (Å²) in [5, 5.41) is 11.8. The third-order valence-electron chi connectivity index (χ3n) is 7.37. The van der Waals surface area contributed by atoms with Crippen molar-refractivity contribution in [2.45, 2.75) is 77.5 Å². The van der Waals surface area contributed by atoms with E-state index in [0.29, 0.717) is 5.56 Å². The van der Waals surface area contributed by atoms with Gasteiger partial charge in [0.2, 0.25) is 17.7 Å². The molecule has 0 heterocycles. The highest BCUT2D eigenvalue weighted by molar-refractivity contribution is 5.94. The second-order valence-corrected chi connectivity index (χ2v) is 11.4. The van der Waals surface area contributed by atoms with Crippen LogP contribution in [0.5, 0.6) is 0 Å². The van der Waals surface area contributed by atoms with Gasteiger partial charge in [-0.3, -0.25) is 14.4 Å². The molecule has 2 aromatic carbocycles. The number of ether oxygens (including phenoxy) is 1.